The summed E-state index contributed by atoms with van der Waals surface area (Å²) in [5, 5.41) is 10.2. The zero-order chi connectivity index (χ0) is 17.5. The number of rotatable bonds is 4. The number of carboxylic acids is 1. The molecule has 0 fully saturated rings. The zero-order valence-electron chi connectivity index (χ0n) is 11.7. The van der Waals surface area contributed by atoms with Gasteiger partial charge in [-0.25, -0.2) is 5.32 Å². The first-order chi connectivity index (χ1) is 10.4. The Hall–Kier alpha value is -1.77. The molecule has 23 heavy (non-hydrogen) atoms. The Bertz CT molecular complexity index is 610. The Kier molecular flexibility index (Phi) is 4.36. The van der Waals surface area contributed by atoms with Crippen LogP contribution < -0.4 is 5.32 Å². The minimum atomic E-state index is -4.73. The van der Waals surface area contributed by atoms with Crippen molar-refractivity contribution >= 4 is 5.97 Å². The van der Waals surface area contributed by atoms with Crippen LogP contribution in [0, 0.1) is 5.41 Å². The van der Waals surface area contributed by atoms with Gasteiger partial charge in [-0.2, -0.15) is 26.3 Å². The van der Waals surface area contributed by atoms with E-state index in [0.29, 0.717) is 0 Å². The lowest BCUT2D eigenvalue weighted by Gasteiger charge is -2.28. The van der Waals surface area contributed by atoms with Crippen LogP contribution in [0.5, 0.6) is 0 Å². The number of halogens is 6. The molecule has 0 amide bonds. The lowest BCUT2D eigenvalue weighted by molar-refractivity contribution is -0.164. The molecule has 0 bridgehead atoms. The molecule has 0 radical (unpaired) electrons. The van der Waals surface area contributed by atoms with E-state index in [4.69, 9.17) is 5.11 Å². The minimum absolute atomic E-state index is 0.120. The first-order valence-electron chi connectivity index (χ1n) is 6.63. The number of alkyl halides is 6. The van der Waals surface area contributed by atoms with Crippen LogP contribution in [0.1, 0.15) is 23.1 Å². The van der Waals surface area contributed by atoms with E-state index in [2.05, 4.69) is 0 Å². The quantitative estimate of drug-likeness (QED) is 0.652. The number of carbonyl (C=O) groups is 1. The van der Waals surface area contributed by atoms with Gasteiger partial charge in [-0.1, -0.05) is 12.1 Å². The van der Waals surface area contributed by atoms with Crippen molar-refractivity contribution in [3.8, 4) is 0 Å². The summed E-state index contributed by atoms with van der Waals surface area (Å²) in [6, 6.07) is 3.42. The average Bonchev–Trinajstić information content (AvgIpc) is 2.71. The Morgan fingerprint density at radius 2 is 1.83 bits per heavy atom. The molecule has 1 unspecified atom stereocenters. The standard InChI is InChI=1S/C14H13F6NO2/c15-13(16,17)10-3-1-2-8-4-12(5-9(8)10,6-11(22)23)7-21-14(18,19)20/h1-3,21H,4-7H2,(H,22,23). The van der Waals surface area contributed by atoms with Crippen LogP contribution in [0.25, 0.3) is 0 Å². The highest BCUT2D eigenvalue weighted by molar-refractivity contribution is 5.68. The summed E-state index contributed by atoms with van der Waals surface area (Å²) in [7, 11) is 0. The van der Waals surface area contributed by atoms with Gasteiger partial charge in [0, 0.05) is 12.0 Å². The normalized spacial score (nSPS) is 21.3. The molecule has 2 rings (SSSR count). The van der Waals surface area contributed by atoms with Crippen LogP contribution in [0.3, 0.4) is 0 Å². The second kappa shape index (κ2) is 5.70. The molecule has 9 heteroatoms. The molecular formula is C14H13F6NO2. The number of fused-ring (bicyclic) bond motifs is 1. The monoisotopic (exact) mass is 341 g/mol. The second-order valence-corrected chi connectivity index (χ2v) is 5.72. The fourth-order valence-electron chi connectivity index (χ4n) is 3.04. The van der Waals surface area contributed by atoms with Gasteiger partial charge < -0.3 is 5.11 Å². The van der Waals surface area contributed by atoms with Crippen molar-refractivity contribution in [2.75, 3.05) is 6.54 Å². The van der Waals surface area contributed by atoms with Crippen LogP contribution in [0.15, 0.2) is 18.2 Å². The summed E-state index contributed by atoms with van der Waals surface area (Å²) in [6.45, 7) is -0.755. The molecule has 0 saturated carbocycles. The minimum Gasteiger partial charge on any atom is -0.481 e. The van der Waals surface area contributed by atoms with Gasteiger partial charge in [-0.3, -0.25) is 4.79 Å². The van der Waals surface area contributed by atoms with Gasteiger partial charge in [0.15, 0.2) is 0 Å². The van der Waals surface area contributed by atoms with E-state index in [0.717, 1.165) is 6.07 Å². The maximum atomic E-state index is 13.0. The molecule has 0 aromatic heterocycles. The van der Waals surface area contributed by atoms with E-state index < -0.39 is 42.4 Å². The van der Waals surface area contributed by atoms with Crippen molar-refractivity contribution in [1.29, 1.82) is 0 Å². The van der Waals surface area contributed by atoms with Gasteiger partial charge in [0.1, 0.15) is 0 Å². The number of hydrogen-bond donors (Lipinski definition) is 2. The van der Waals surface area contributed by atoms with E-state index in [1.165, 1.54) is 17.4 Å². The molecular weight excluding hydrogens is 328 g/mol. The SMILES string of the molecule is O=C(O)CC1(CNC(F)(F)F)Cc2cccc(C(F)(F)F)c2C1. The third kappa shape index (κ3) is 4.15. The highest BCUT2D eigenvalue weighted by Gasteiger charge is 2.45. The topological polar surface area (TPSA) is 49.3 Å². The summed E-state index contributed by atoms with van der Waals surface area (Å²) < 4.78 is 76.2. The van der Waals surface area contributed by atoms with Crippen molar-refractivity contribution in [1.82, 2.24) is 5.32 Å². The summed E-state index contributed by atoms with van der Waals surface area (Å²) in [5.74, 6) is -1.35. The molecule has 2 N–H and O–H groups in total. The van der Waals surface area contributed by atoms with Crippen LogP contribution in [-0.4, -0.2) is 23.9 Å². The summed E-state index contributed by atoms with van der Waals surface area (Å²) in [6.07, 6.45) is -10.5. The predicted octanol–water partition coefficient (Wildman–Crippen LogP) is 3.37. The maximum absolute atomic E-state index is 13.0. The van der Waals surface area contributed by atoms with E-state index >= 15 is 0 Å². The van der Waals surface area contributed by atoms with Gasteiger partial charge in [-0.15, -0.1) is 0 Å². The van der Waals surface area contributed by atoms with Crippen molar-refractivity contribution in [3.05, 3.63) is 34.9 Å². The Morgan fingerprint density at radius 1 is 1.17 bits per heavy atom. The van der Waals surface area contributed by atoms with Gasteiger partial charge in [0.2, 0.25) is 0 Å². The number of carboxylic acid groups (broad SMARTS) is 1. The lowest BCUT2D eigenvalue weighted by Crippen LogP contribution is -2.43. The average molecular weight is 341 g/mol. The number of aliphatic carboxylic acids is 1. The lowest BCUT2D eigenvalue weighted by atomic mass is 9.81. The first kappa shape index (κ1) is 17.6. The fraction of sp³-hybridized carbons (Fsp3) is 0.500. The van der Waals surface area contributed by atoms with Gasteiger partial charge in [0.05, 0.1) is 12.0 Å². The van der Waals surface area contributed by atoms with Gasteiger partial charge >= 0.3 is 18.4 Å². The predicted molar refractivity (Wildman–Crippen MR) is 67.6 cm³/mol. The smallest absolute Gasteiger partial charge is 0.457 e. The largest absolute Gasteiger partial charge is 0.481 e. The number of hydrogen-bond acceptors (Lipinski definition) is 2. The summed E-state index contributed by atoms with van der Waals surface area (Å²) in [4.78, 5) is 11.0. The van der Waals surface area contributed by atoms with Crippen molar-refractivity contribution in [2.45, 2.75) is 31.7 Å². The fourth-order valence-corrected chi connectivity index (χ4v) is 3.04. The van der Waals surface area contributed by atoms with E-state index in [9.17, 15) is 31.1 Å². The van der Waals surface area contributed by atoms with Crippen LogP contribution in [-0.2, 0) is 23.8 Å². The molecule has 0 aliphatic heterocycles. The molecule has 1 atom stereocenters. The number of benzene rings is 1. The second-order valence-electron chi connectivity index (χ2n) is 5.72. The maximum Gasteiger partial charge on any atom is 0.457 e. The van der Waals surface area contributed by atoms with E-state index in [-0.39, 0.29) is 24.0 Å². The van der Waals surface area contributed by atoms with Crippen LogP contribution >= 0.6 is 0 Å². The Morgan fingerprint density at radius 3 is 2.35 bits per heavy atom. The molecule has 1 aromatic carbocycles. The van der Waals surface area contributed by atoms with E-state index in [1.54, 1.807) is 0 Å². The number of nitrogens with one attached hydrogen (secondary N) is 1. The third-order valence-electron chi connectivity index (χ3n) is 3.89. The molecule has 1 aliphatic rings. The molecule has 0 spiro atoms. The van der Waals surface area contributed by atoms with Crippen molar-refractivity contribution < 1.29 is 36.2 Å². The molecule has 0 saturated heterocycles. The molecule has 1 aromatic rings. The summed E-state index contributed by atoms with van der Waals surface area (Å²) in [5.41, 5.74) is -2.24. The van der Waals surface area contributed by atoms with Crippen molar-refractivity contribution in [2.24, 2.45) is 5.41 Å². The van der Waals surface area contributed by atoms with Crippen LogP contribution in [0.2, 0.25) is 0 Å². The highest BCUT2D eigenvalue weighted by Crippen LogP contribution is 2.45. The molecule has 0 heterocycles. The van der Waals surface area contributed by atoms with Gasteiger partial charge in [-0.05, 0) is 30.0 Å². The van der Waals surface area contributed by atoms with Crippen molar-refractivity contribution in [3.63, 3.8) is 0 Å². The zero-order valence-corrected chi connectivity index (χ0v) is 11.7. The van der Waals surface area contributed by atoms with Gasteiger partial charge in [0.25, 0.3) is 0 Å². The molecule has 128 valence electrons. The highest BCUT2D eigenvalue weighted by atomic mass is 19.4. The Balaban J connectivity index is 2.35. The Labute approximate surface area is 127 Å². The van der Waals surface area contributed by atoms with E-state index in [1.807, 2.05) is 0 Å². The molecule has 3 nitrogen and oxygen atoms in total. The molecule has 1 aliphatic carbocycles. The summed E-state index contributed by atoms with van der Waals surface area (Å²) >= 11 is 0. The third-order valence-corrected chi connectivity index (χ3v) is 3.89. The van der Waals surface area contributed by atoms with Crippen LogP contribution in [0.4, 0.5) is 26.3 Å². The first-order valence-corrected chi connectivity index (χ1v) is 6.63.